The highest BCUT2D eigenvalue weighted by atomic mass is 32.1. The monoisotopic (exact) mass is 295 g/mol. The fraction of sp³-hybridized carbons (Fsp3) is 0.308. The van der Waals surface area contributed by atoms with Crippen LogP contribution in [-0.4, -0.2) is 46.7 Å². The van der Waals surface area contributed by atoms with Crippen molar-refractivity contribution in [2.24, 2.45) is 5.73 Å². The third-order valence-corrected chi connectivity index (χ3v) is 3.44. The summed E-state index contributed by atoms with van der Waals surface area (Å²) in [5, 5.41) is 0. The van der Waals surface area contributed by atoms with Gasteiger partial charge in [-0.3, -0.25) is 9.59 Å². The van der Waals surface area contributed by atoms with Gasteiger partial charge in [0.15, 0.2) is 0 Å². The van der Waals surface area contributed by atoms with E-state index >= 15 is 0 Å². The van der Waals surface area contributed by atoms with Crippen LogP contribution < -0.4 is 5.73 Å². The van der Waals surface area contributed by atoms with Gasteiger partial charge in [-0.1, -0.05) is 12.2 Å². The topological polar surface area (TPSA) is 66.6 Å². The molecule has 1 fully saturated rings. The molecule has 1 aliphatic heterocycles. The Morgan fingerprint density at radius 1 is 1.35 bits per heavy atom. The van der Waals surface area contributed by atoms with Crippen molar-refractivity contribution in [3.63, 3.8) is 0 Å². The summed E-state index contributed by atoms with van der Waals surface area (Å²) in [6.45, 7) is 0.958. The number of thiocarbonyl (C=S) groups is 1. The van der Waals surface area contributed by atoms with Crippen LogP contribution in [0, 0.1) is 5.82 Å². The van der Waals surface area contributed by atoms with E-state index in [2.05, 4.69) is 0 Å². The Hall–Kier alpha value is -2.02. The standard InChI is InChI=1S/C13H14FN3O2S/c1-16-4-5-17(13(19)12(16)18)7-8-6-9(14)2-3-10(8)11(15)20/h2-3,6H,4-5,7H2,1H3,(H2,15,20). The van der Waals surface area contributed by atoms with Gasteiger partial charge in [-0.25, -0.2) is 4.39 Å². The number of piperazine rings is 1. The number of rotatable bonds is 3. The van der Waals surface area contributed by atoms with E-state index in [1.165, 1.54) is 28.0 Å². The van der Waals surface area contributed by atoms with Crippen molar-refractivity contribution < 1.29 is 14.0 Å². The molecule has 2 rings (SSSR count). The second kappa shape index (κ2) is 5.54. The molecule has 1 aliphatic rings. The predicted molar refractivity (Wildman–Crippen MR) is 75.3 cm³/mol. The number of carbonyl (C=O) groups excluding carboxylic acids is 2. The number of hydrogen-bond acceptors (Lipinski definition) is 3. The Balaban J connectivity index is 2.26. The molecule has 20 heavy (non-hydrogen) atoms. The molecule has 0 atom stereocenters. The fourth-order valence-electron chi connectivity index (χ4n) is 2.06. The zero-order valence-corrected chi connectivity index (χ0v) is 11.7. The Kier molecular flexibility index (Phi) is 3.99. The van der Waals surface area contributed by atoms with Gasteiger partial charge in [-0.05, 0) is 23.8 Å². The summed E-state index contributed by atoms with van der Waals surface area (Å²) < 4.78 is 13.3. The third kappa shape index (κ3) is 2.77. The predicted octanol–water partition coefficient (Wildman–Crippen LogP) is 0.260. The summed E-state index contributed by atoms with van der Waals surface area (Å²) in [4.78, 5) is 26.4. The Morgan fingerprint density at radius 2 is 2.05 bits per heavy atom. The summed E-state index contributed by atoms with van der Waals surface area (Å²) in [5.74, 6) is -1.60. The molecule has 1 heterocycles. The van der Waals surface area contributed by atoms with Crippen LogP contribution in [0.25, 0.3) is 0 Å². The molecule has 0 aromatic heterocycles. The number of halogens is 1. The number of nitrogens with zero attached hydrogens (tertiary/aromatic N) is 2. The smallest absolute Gasteiger partial charge is 0.312 e. The number of nitrogens with two attached hydrogens (primary N) is 1. The highest BCUT2D eigenvalue weighted by molar-refractivity contribution is 7.80. The van der Waals surface area contributed by atoms with Crippen LogP contribution in [0.5, 0.6) is 0 Å². The van der Waals surface area contributed by atoms with Gasteiger partial charge in [-0.2, -0.15) is 0 Å². The van der Waals surface area contributed by atoms with Crippen molar-refractivity contribution in [2.45, 2.75) is 6.54 Å². The lowest BCUT2D eigenvalue weighted by Gasteiger charge is -2.31. The van der Waals surface area contributed by atoms with Crippen LogP contribution in [0.1, 0.15) is 11.1 Å². The first-order valence-corrected chi connectivity index (χ1v) is 6.43. The van der Waals surface area contributed by atoms with Gasteiger partial charge in [-0.15, -0.1) is 0 Å². The maximum absolute atomic E-state index is 13.3. The quantitative estimate of drug-likeness (QED) is 0.642. The number of benzene rings is 1. The molecule has 0 bridgehead atoms. The van der Waals surface area contributed by atoms with E-state index in [0.717, 1.165) is 0 Å². The lowest BCUT2D eigenvalue weighted by atomic mass is 10.1. The van der Waals surface area contributed by atoms with Crippen molar-refractivity contribution in [2.75, 3.05) is 20.1 Å². The van der Waals surface area contributed by atoms with Crippen molar-refractivity contribution in [1.29, 1.82) is 0 Å². The third-order valence-electron chi connectivity index (χ3n) is 3.22. The van der Waals surface area contributed by atoms with Gasteiger partial charge in [0.25, 0.3) is 0 Å². The second-order valence-corrected chi connectivity index (χ2v) is 5.06. The van der Waals surface area contributed by atoms with Gasteiger partial charge >= 0.3 is 11.8 Å². The van der Waals surface area contributed by atoms with Crippen molar-refractivity contribution in [3.8, 4) is 0 Å². The number of hydrogen-bond donors (Lipinski definition) is 1. The van der Waals surface area contributed by atoms with Crippen LogP contribution in [0.3, 0.4) is 0 Å². The van der Waals surface area contributed by atoms with E-state index in [9.17, 15) is 14.0 Å². The van der Waals surface area contributed by atoms with Gasteiger partial charge in [0.1, 0.15) is 10.8 Å². The van der Waals surface area contributed by atoms with E-state index in [-0.39, 0.29) is 11.5 Å². The van der Waals surface area contributed by atoms with E-state index in [4.69, 9.17) is 18.0 Å². The second-order valence-electron chi connectivity index (χ2n) is 4.62. The van der Waals surface area contributed by atoms with Crippen LogP contribution in [-0.2, 0) is 16.1 Å². The number of likely N-dealkylation sites (N-methyl/N-ethyl adjacent to an activating group) is 1. The summed E-state index contributed by atoms with van der Waals surface area (Å²) in [7, 11) is 1.57. The molecule has 0 spiro atoms. The van der Waals surface area contributed by atoms with Gasteiger partial charge in [0.05, 0.1) is 0 Å². The van der Waals surface area contributed by atoms with Crippen molar-refractivity contribution in [3.05, 3.63) is 35.1 Å². The first-order chi connectivity index (χ1) is 9.40. The molecular weight excluding hydrogens is 281 g/mol. The maximum atomic E-state index is 13.3. The summed E-state index contributed by atoms with van der Waals surface area (Å²) in [6.07, 6.45) is 0. The maximum Gasteiger partial charge on any atom is 0.312 e. The zero-order chi connectivity index (χ0) is 14.9. The van der Waals surface area contributed by atoms with Gasteiger partial charge in [0, 0.05) is 32.2 Å². The average Bonchev–Trinajstić information content (AvgIpc) is 2.39. The van der Waals surface area contributed by atoms with Crippen LogP contribution >= 0.6 is 12.2 Å². The van der Waals surface area contributed by atoms with E-state index in [1.807, 2.05) is 0 Å². The van der Waals surface area contributed by atoms with Crippen LogP contribution in [0.4, 0.5) is 4.39 Å². The normalized spacial score (nSPS) is 15.7. The minimum Gasteiger partial charge on any atom is -0.389 e. The lowest BCUT2D eigenvalue weighted by Crippen LogP contribution is -2.52. The summed E-state index contributed by atoms with van der Waals surface area (Å²) in [6, 6.07) is 4.02. The van der Waals surface area contributed by atoms with E-state index in [0.29, 0.717) is 24.2 Å². The van der Waals surface area contributed by atoms with Crippen molar-refractivity contribution in [1.82, 2.24) is 9.80 Å². The molecule has 7 heteroatoms. The lowest BCUT2D eigenvalue weighted by molar-refractivity contribution is -0.155. The Morgan fingerprint density at radius 3 is 2.70 bits per heavy atom. The van der Waals surface area contributed by atoms with Crippen LogP contribution in [0.15, 0.2) is 18.2 Å². The molecule has 5 nitrogen and oxygen atoms in total. The molecule has 106 valence electrons. The fourth-order valence-corrected chi connectivity index (χ4v) is 2.26. The SMILES string of the molecule is CN1CCN(Cc2cc(F)ccc2C(N)=S)C(=O)C1=O. The molecule has 2 amide bonds. The molecule has 1 saturated heterocycles. The molecule has 0 saturated carbocycles. The van der Waals surface area contributed by atoms with E-state index < -0.39 is 17.6 Å². The first-order valence-electron chi connectivity index (χ1n) is 6.02. The largest absolute Gasteiger partial charge is 0.389 e. The Labute approximate surface area is 121 Å². The highest BCUT2D eigenvalue weighted by Gasteiger charge is 2.30. The zero-order valence-electron chi connectivity index (χ0n) is 10.9. The molecular formula is C13H14FN3O2S. The molecule has 0 unspecified atom stereocenters. The molecule has 1 aromatic carbocycles. The van der Waals surface area contributed by atoms with Gasteiger partial charge in [0.2, 0.25) is 0 Å². The average molecular weight is 295 g/mol. The molecule has 0 aliphatic carbocycles. The summed E-state index contributed by atoms with van der Waals surface area (Å²) in [5.41, 5.74) is 6.60. The highest BCUT2D eigenvalue weighted by Crippen LogP contribution is 2.16. The van der Waals surface area contributed by atoms with Crippen molar-refractivity contribution >= 4 is 29.0 Å². The number of amides is 2. The molecule has 1 aromatic rings. The minimum atomic E-state index is -0.600. The Bertz CT molecular complexity index is 591. The number of carbonyl (C=O) groups is 2. The summed E-state index contributed by atoms with van der Waals surface area (Å²) >= 11 is 4.91. The first kappa shape index (κ1) is 14.4. The molecule has 0 radical (unpaired) electrons. The van der Waals surface area contributed by atoms with Gasteiger partial charge < -0.3 is 15.5 Å². The molecule has 2 N–H and O–H groups in total. The van der Waals surface area contributed by atoms with Crippen LogP contribution in [0.2, 0.25) is 0 Å². The minimum absolute atomic E-state index is 0.114. The van der Waals surface area contributed by atoms with E-state index in [1.54, 1.807) is 7.05 Å².